The van der Waals surface area contributed by atoms with Crippen LogP contribution in [0.5, 0.6) is 0 Å². The lowest BCUT2D eigenvalue weighted by Crippen LogP contribution is -2.11. The Hall–Kier alpha value is -3.80. The third kappa shape index (κ3) is 8.27. The Balaban J connectivity index is 1.46. The largest absolute Gasteiger partial charge is 0.315 e. The van der Waals surface area contributed by atoms with E-state index in [-0.39, 0.29) is 30.5 Å². The van der Waals surface area contributed by atoms with Gasteiger partial charge < -0.3 is 0 Å². The molecule has 0 amide bonds. The second kappa shape index (κ2) is 12.2. The molecule has 0 heterocycles. The Bertz CT molecular complexity index is 1720. The maximum absolute atomic E-state index is 14.9. The van der Waals surface area contributed by atoms with Crippen molar-refractivity contribution in [1.82, 2.24) is 0 Å². The smallest absolute Gasteiger partial charge is 0.209 e. The van der Waals surface area contributed by atoms with E-state index >= 15 is 0 Å². The van der Waals surface area contributed by atoms with Gasteiger partial charge in [0, 0.05) is 17.5 Å². The van der Waals surface area contributed by atoms with Gasteiger partial charge in [-0.3, -0.25) is 0 Å². The predicted octanol–water partition coefficient (Wildman–Crippen LogP) is 13.2. The van der Waals surface area contributed by atoms with Crippen molar-refractivity contribution >= 4 is 16.1 Å². The zero-order valence-corrected chi connectivity index (χ0v) is 24.6. The molecule has 0 saturated carbocycles. The first-order valence-corrected chi connectivity index (χ1v) is 15.8. The van der Waals surface area contributed by atoms with Crippen LogP contribution in [0.25, 0.3) is 28.1 Å². The van der Waals surface area contributed by atoms with Crippen LogP contribution in [0.15, 0.2) is 83.5 Å². The molecule has 0 atom stereocenters. The number of unbranched alkanes of at least 4 members (excludes halogenated alkanes) is 2. The highest BCUT2D eigenvalue weighted by Gasteiger charge is 2.68. The van der Waals surface area contributed by atoms with Crippen molar-refractivity contribution in [3.05, 3.63) is 119 Å². The van der Waals surface area contributed by atoms with Crippen LogP contribution in [0.2, 0.25) is 0 Å². The third-order valence-corrected chi connectivity index (χ3v) is 8.34. The van der Waals surface area contributed by atoms with Crippen molar-refractivity contribution in [1.29, 1.82) is 0 Å². The Morgan fingerprint density at radius 3 is 1.76 bits per heavy atom. The van der Waals surface area contributed by atoms with Gasteiger partial charge in [-0.15, -0.1) is 0 Å². The first-order chi connectivity index (χ1) is 20.9. The SMILES string of the molecule is CCCCCC(F)=C(F)c1ccc(CCc2ccc(-c3ccc(-c4cc(F)c(S(F)(F)(F)(F)F)c(F)c4)c(F)c3)cc2)c(F)c1. The van der Waals surface area contributed by atoms with Crippen LogP contribution in [0.1, 0.15) is 49.3 Å². The second-order valence-corrected chi connectivity index (χ2v) is 13.0. The molecule has 4 rings (SSSR count). The number of rotatable bonds is 11. The van der Waals surface area contributed by atoms with Crippen molar-refractivity contribution in [3.8, 4) is 22.3 Å². The Morgan fingerprint density at radius 2 is 1.20 bits per heavy atom. The molecule has 0 aliphatic rings. The molecule has 242 valence electrons. The van der Waals surface area contributed by atoms with Crippen LogP contribution in [-0.2, 0) is 12.8 Å². The molecule has 0 bridgehead atoms. The standard InChI is InChI=1S/C33H27F11S/c1-2-3-4-5-27(34)32(39)24-13-12-22(28(35)17-24)11-8-20-6-9-21(10-7-20)23-14-15-26(29(36)16-23)25-18-30(37)33(31(38)19-25)45(40,41,42,43)44/h6-7,9-10,12-19H,2-5,8,11H2,1H3. The molecule has 0 saturated heterocycles. The summed E-state index contributed by atoms with van der Waals surface area (Å²) in [6.45, 7) is 1.94. The lowest BCUT2D eigenvalue weighted by Gasteiger charge is -2.40. The molecule has 0 unspecified atom stereocenters. The van der Waals surface area contributed by atoms with Gasteiger partial charge >= 0.3 is 10.2 Å². The summed E-state index contributed by atoms with van der Waals surface area (Å²) in [6, 6.07) is 13.6. The number of benzene rings is 4. The van der Waals surface area contributed by atoms with Gasteiger partial charge in [0.25, 0.3) is 0 Å². The van der Waals surface area contributed by atoms with E-state index in [0.717, 1.165) is 36.6 Å². The van der Waals surface area contributed by atoms with Gasteiger partial charge in [-0.25, -0.2) is 26.3 Å². The number of hydrogen-bond acceptors (Lipinski definition) is 0. The maximum Gasteiger partial charge on any atom is 0.315 e. The van der Waals surface area contributed by atoms with E-state index in [1.54, 1.807) is 24.3 Å². The Labute approximate surface area is 252 Å². The molecule has 0 aromatic heterocycles. The average Bonchev–Trinajstić information content (AvgIpc) is 2.94. The maximum atomic E-state index is 14.9. The molecule has 0 aliphatic heterocycles. The number of hydrogen-bond donors (Lipinski definition) is 0. The summed E-state index contributed by atoms with van der Waals surface area (Å²) in [5, 5.41) is 0. The zero-order chi connectivity index (χ0) is 33.2. The molecule has 0 radical (unpaired) electrons. The fourth-order valence-electron chi connectivity index (χ4n) is 4.84. The van der Waals surface area contributed by atoms with E-state index in [9.17, 15) is 45.8 Å². The molecule has 0 aliphatic carbocycles. The Morgan fingerprint density at radius 1 is 0.600 bits per heavy atom. The molecular weight excluding hydrogens is 637 g/mol. The first-order valence-electron chi connectivity index (χ1n) is 13.8. The average molecular weight is 665 g/mol. The molecule has 4 aromatic carbocycles. The number of halogens is 11. The molecule has 0 nitrogen and oxygen atoms in total. The molecule has 0 N–H and O–H groups in total. The molecule has 12 heteroatoms. The third-order valence-electron chi connectivity index (χ3n) is 7.18. The minimum absolute atomic E-state index is 0.000300. The summed E-state index contributed by atoms with van der Waals surface area (Å²) in [5.41, 5.74) is 0.464. The topological polar surface area (TPSA) is 0 Å². The predicted molar refractivity (Wildman–Crippen MR) is 156 cm³/mol. The summed E-state index contributed by atoms with van der Waals surface area (Å²) >= 11 is 0. The van der Waals surface area contributed by atoms with Crippen molar-refractivity contribution in [3.63, 3.8) is 0 Å². The van der Waals surface area contributed by atoms with Crippen molar-refractivity contribution in [2.45, 2.75) is 50.3 Å². The summed E-state index contributed by atoms with van der Waals surface area (Å²) in [7, 11) is -10.7. The first kappa shape index (κ1) is 34.1. The van der Waals surface area contributed by atoms with Crippen LogP contribution in [0.4, 0.5) is 45.8 Å². The molecule has 4 aromatic rings. The van der Waals surface area contributed by atoms with Gasteiger partial charge in [-0.2, -0.15) is 0 Å². The van der Waals surface area contributed by atoms with Gasteiger partial charge in [0.2, 0.25) is 0 Å². The van der Waals surface area contributed by atoms with E-state index in [1.165, 1.54) is 18.2 Å². The molecular formula is C33H27F11S. The minimum atomic E-state index is -10.7. The fraction of sp³-hybridized carbons (Fsp3) is 0.212. The van der Waals surface area contributed by atoms with Crippen molar-refractivity contribution in [2.24, 2.45) is 0 Å². The van der Waals surface area contributed by atoms with Gasteiger partial charge in [0.15, 0.2) is 10.7 Å². The van der Waals surface area contributed by atoms with Crippen molar-refractivity contribution < 1.29 is 45.8 Å². The van der Waals surface area contributed by atoms with Crippen LogP contribution in [-0.4, -0.2) is 0 Å². The molecule has 0 fully saturated rings. The molecule has 0 spiro atoms. The van der Waals surface area contributed by atoms with Crippen LogP contribution in [0, 0.1) is 23.3 Å². The Kier molecular flexibility index (Phi) is 9.23. The van der Waals surface area contributed by atoms with Crippen molar-refractivity contribution in [2.75, 3.05) is 0 Å². The van der Waals surface area contributed by atoms with Gasteiger partial charge in [-0.05, 0) is 71.3 Å². The van der Waals surface area contributed by atoms with Crippen LogP contribution in [0.3, 0.4) is 0 Å². The number of allylic oxidation sites excluding steroid dienone is 1. The quantitative estimate of drug-likeness (QED) is 0.111. The summed E-state index contributed by atoms with van der Waals surface area (Å²) in [4.78, 5) is -3.29. The van der Waals surface area contributed by atoms with Gasteiger partial charge in [0.05, 0.1) is 0 Å². The summed E-state index contributed by atoms with van der Waals surface area (Å²) in [6.07, 6.45) is 2.66. The molecule has 45 heavy (non-hydrogen) atoms. The minimum Gasteiger partial charge on any atom is -0.209 e. The monoisotopic (exact) mass is 664 g/mol. The van der Waals surface area contributed by atoms with E-state index in [4.69, 9.17) is 0 Å². The fourth-order valence-corrected chi connectivity index (χ4v) is 5.69. The van der Waals surface area contributed by atoms with Crippen LogP contribution < -0.4 is 0 Å². The summed E-state index contributed by atoms with van der Waals surface area (Å²) < 4.78 is 151. The highest BCUT2D eigenvalue weighted by molar-refractivity contribution is 8.45. The summed E-state index contributed by atoms with van der Waals surface area (Å²) in [5.74, 6) is -8.87. The van der Waals surface area contributed by atoms with E-state index in [2.05, 4.69) is 0 Å². The normalized spacial score (nSPS) is 14.1. The van der Waals surface area contributed by atoms with E-state index in [1.807, 2.05) is 6.92 Å². The van der Waals surface area contributed by atoms with Gasteiger partial charge in [-0.1, -0.05) is 87.7 Å². The van der Waals surface area contributed by atoms with E-state index < -0.39 is 61.2 Å². The lowest BCUT2D eigenvalue weighted by atomic mass is 9.97. The van der Waals surface area contributed by atoms with E-state index in [0.29, 0.717) is 29.5 Å². The van der Waals surface area contributed by atoms with Crippen LogP contribution >= 0.6 is 10.2 Å². The lowest BCUT2D eigenvalue weighted by molar-refractivity contribution is 0.345. The highest BCUT2D eigenvalue weighted by Crippen LogP contribution is 3.02. The second-order valence-electron chi connectivity index (χ2n) is 10.6. The number of aryl methyl sites for hydroxylation is 2. The van der Waals surface area contributed by atoms with Gasteiger partial charge in [0.1, 0.15) is 29.1 Å². The highest BCUT2D eigenvalue weighted by atomic mass is 32.5. The zero-order valence-electron chi connectivity index (χ0n) is 23.7.